The maximum Gasteiger partial charge on any atom is 0.160 e. The number of thioether (sulfide) groups is 1. The van der Waals surface area contributed by atoms with Crippen LogP contribution in [0.4, 0.5) is 0 Å². The van der Waals surface area contributed by atoms with Gasteiger partial charge in [0, 0.05) is 23.5 Å². The minimum absolute atomic E-state index is 0.235. The molecule has 1 heterocycles. The second-order valence-corrected chi connectivity index (χ2v) is 5.05. The summed E-state index contributed by atoms with van der Waals surface area (Å²) < 4.78 is 0. The van der Waals surface area contributed by atoms with E-state index < -0.39 is 0 Å². The predicted molar refractivity (Wildman–Crippen MR) is 67.8 cm³/mol. The number of Topliss-reactive ketones (excluding diaryl/α,β-unsaturated/α-hetero) is 1. The van der Waals surface area contributed by atoms with Gasteiger partial charge in [-0.2, -0.15) is 11.8 Å². The third-order valence-electron chi connectivity index (χ3n) is 2.66. The fraction of sp³-hybridized carbons (Fsp3) is 0.308. The largest absolute Gasteiger partial charge is 0.508 e. The van der Waals surface area contributed by atoms with Crippen LogP contribution in [-0.4, -0.2) is 22.4 Å². The highest BCUT2D eigenvalue weighted by atomic mass is 32.2. The molecule has 0 spiro atoms. The standard InChI is InChI=1S/C13H14O2S/c1-9-2-3-10(7-13(9)15)6-11-8-16-5-4-12(11)14/h2-3,6-7,15H,4-5,8H2,1H3/b11-6+. The second-order valence-electron chi connectivity index (χ2n) is 3.94. The molecule has 1 fully saturated rings. The molecule has 1 saturated heterocycles. The number of carbonyl (C=O) groups excluding carboxylic acids is 1. The summed E-state index contributed by atoms with van der Waals surface area (Å²) in [4.78, 5) is 11.6. The zero-order chi connectivity index (χ0) is 11.5. The smallest absolute Gasteiger partial charge is 0.160 e. The molecule has 84 valence electrons. The van der Waals surface area contributed by atoms with Gasteiger partial charge >= 0.3 is 0 Å². The van der Waals surface area contributed by atoms with Crippen LogP contribution in [0.1, 0.15) is 17.5 Å². The topological polar surface area (TPSA) is 37.3 Å². The molecule has 0 saturated carbocycles. The minimum Gasteiger partial charge on any atom is -0.508 e. The van der Waals surface area contributed by atoms with Gasteiger partial charge in [0.05, 0.1) is 0 Å². The molecule has 2 rings (SSSR count). The van der Waals surface area contributed by atoms with Crippen LogP contribution < -0.4 is 0 Å². The van der Waals surface area contributed by atoms with Gasteiger partial charge in [-0.3, -0.25) is 4.79 Å². The van der Waals surface area contributed by atoms with E-state index in [9.17, 15) is 9.90 Å². The van der Waals surface area contributed by atoms with Gasteiger partial charge in [0.2, 0.25) is 0 Å². The summed E-state index contributed by atoms with van der Waals surface area (Å²) in [6.45, 7) is 1.86. The molecule has 0 aliphatic carbocycles. The molecule has 0 atom stereocenters. The number of phenols is 1. The summed E-state index contributed by atoms with van der Waals surface area (Å²) in [5.74, 6) is 2.23. The molecule has 1 N–H and O–H groups in total. The lowest BCUT2D eigenvalue weighted by Gasteiger charge is -2.12. The van der Waals surface area contributed by atoms with E-state index in [2.05, 4.69) is 0 Å². The Kier molecular flexibility index (Phi) is 3.34. The number of hydrogen-bond acceptors (Lipinski definition) is 3. The quantitative estimate of drug-likeness (QED) is 0.759. The van der Waals surface area contributed by atoms with Gasteiger partial charge in [-0.15, -0.1) is 0 Å². The SMILES string of the molecule is Cc1ccc(/C=C2\CSCCC2=O)cc1O. The number of aryl methyl sites for hydroxylation is 1. The molecular formula is C13H14O2S. The molecule has 0 unspecified atom stereocenters. The summed E-state index contributed by atoms with van der Waals surface area (Å²) in [5.41, 5.74) is 2.61. The maximum atomic E-state index is 11.6. The fourth-order valence-corrected chi connectivity index (χ4v) is 2.57. The predicted octanol–water partition coefficient (Wildman–Crippen LogP) is 2.79. The molecule has 16 heavy (non-hydrogen) atoms. The Balaban J connectivity index is 2.27. The van der Waals surface area contributed by atoms with Crippen molar-refractivity contribution in [2.45, 2.75) is 13.3 Å². The van der Waals surface area contributed by atoms with Crippen molar-refractivity contribution < 1.29 is 9.90 Å². The summed E-state index contributed by atoms with van der Waals surface area (Å²) in [6, 6.07) is 5.49. The summed E-state index contributed by atoms with van der Waals surface area (Å²) >= 11 is 1.78. The number of aromatic hydroxyl groups is 1. The number of carbonyl (C=O) groups is 1. The highest BCUT2D eigenvalue weighted by Crippen LogP contribution is 2.23. The van der Waals surface area contributed by atoms with Gasteiger partial charge in [-0.1, -0.05) is 12.1 Å². The molecule has 1 aliphatic rings. The molecule has 1 aromatic carbocycles. The maximum absolute atomic E-state index is 11.6. The first-order valence-corrected chi connectivity index (χ1v) is 6.43. The molecule has 3 heteroatoms. The van der Waals surface area contributed by atoms with E-state index in [-0.39, 0.29) is 11.5 Å². The van der Waals surface area contributed by atoms with Crippen LogP contribution in [0.25, 0.3) is 6.08 Å². The Morgan fingerprint density at radius 3 is 2.94 bits per heavy atom. The average molecular weight is 234 g/mol. The van der Waals surface area contributed by atoms with E-state index in [1.807, 2.05) is 25.1 Å². The third kappa shape index (κ3) is 2.47. The van der Waals surface area contributed by atoms with E-state index in [1.165, 1.54) is 0 Å². The van der Waals surface area contributed by atoms with Crippen molar-refractivity contribution in [1.29, 1.82) is 0 Å². The van der Waals surface area contributed by atoms with E-state index in [1.54, 1.807) is 17.8 Å². The lowest BCUT2D eigenvalue weighted by Crippen LogP contribution is -2.11. The molecule has 0 amide bonds. The van der Waals surface area contributed by atoms with Crippen LogP contribution >= 0.6 is 11.8 Å². The van der Waals surface area contributed by atoms with Crippen LogP contribution in [0.2, 0.25) is 0 Å². The van der Waals surface area contributed by atoms with E-state index in [4.69, 9.17) is 0 Å². The minimum atomic E-state index is 0.235. The summed E-state index contributed by atoms with van der Waals surface area (Å²) in [5, 5.41) is 9.58. The van der Waals surface area contributed by atoms with Crippen molar-refractivity contribution in [2.24, 2.45) is 0 Å². The molecule has 0 aromatic heterocycles. The van der Waals surface area contributed by atoms with Crippen molar-refractivity contribution in [3.63, 3.8) is 0 Å². The Bertz CT molecular complexity index is 449. The average Bonchev–Trinajstić information content (AvgIpc) is 2.27. The third-order valence-corrected chi connectivity index (χ3v) is 3.67. The number of phenolic OH excluding ortho intramolecular Hbond substituents is 1. The zero-order valence-corrected chi connectivity index (χ0v) is 10.0. The number of ketones is 1. The van der Waals surface area contributed by atoms with Gasteiger partial charge in [-0.25, -0.2) is 0 Å². The number of rotatable bonds is 1. The molecule has 2 nitrogen and oxygen atoms in total. The highest BCUT2D eigenvalue weighted by molar-refractivity contribution is 7.99. The Morgan fingerprint density at radius 1 is 1.44 bits per heavy atom. The van der Waals surface area contributed by atoms with Crippen molar-refractivity contribution in [3.05, 3.63) is 34.9 Å². The van der Waals surface area contributed by atoms with Gasteiger partial charge in [0.25, 0.3) is 0 Å². The van der Waals surface area contributed by atoms with Gasteiger partial charge in [0.15, 0.2) is 5.78 Å². The van der Waals surface area contributed by atoms with Crippen molar-refractivity contribution >= 4 is 23.6 Å². The number of benzene rings is 1. The van der Waals surface area contributed by atoms with Crippen LogP contribution in [0.5, 0.6) is 5.75 Å². The zero-order valence-electron chi connectivity index (χ0n) is 9.19. The first kappa shape index (κ1) is 11.3. The van der Waals surface area contributed by atoms with Gasteiger partial charge < -0.3 is 5.11 Å². The monoisotopic (exact) mass is 234 g/mol. The Morgan fingerprint density at radius 2 is 2.25 bits per heavy atom. The lowest BCUT2D eigenvalue weighted by atomic mass is 10.1. The Hall–Kier alpha value is -1.22. The molecule has 0 bridgehead atoms. The van der Waals surface area contributed by atoms with E-state index in [0.717, 1.165) is 28.2 Å². The van der Waals surface area contributed by atoms with Crippen LogP contribution in [0, 0.1) is 6.92 Å². The normalized spacial score (nSPS) is 19.1. The first-order valence-electron chi connectivity index (χ1n) is 5.28. The Labute approximate surface area is 99.4 Å². The molecule has 1 aliphatic heterocycles. The highest BCUT2D eigenvalue weighted by Gasteiger charge is 2.14. The van der Waals surface area contributed by atoms with Crippen molar-refractivity contribution in [3.8, 4) is 5.75 Å². The first-order chi connectivity index (χ1) is 7.66. The van der Waals surface area contributed by atoms with Crippen LogP contribution in [0.15, 0.2) is 23.8 Å². The second kappa shape index (κ2) is 4.74. The summed E-state index contributed by atoms with van der Waals surface area (Å²) in [6.07, 6.45) is 2.52. The number of hydrogen-bond donors (Lipinski definition) is 1. The molecular weight excluding hydrogens is 220 g/mol. The van der Waals surface area contributed by atoms with E-state index >= 15 is 0 Å². The molecule has 1 aromatic rings. The van der Waals surface area contributed by atoms with Crippen LogP contribution in [-0.2, 0) is 4.79 Å². The van der Waals surface area contributed by atoms with E-state index in [0.29, 0.717) is 6.42 Å². The van der Waals surface area contributed by atoms with Gasteiger partial charge in [-0.05, 0) is 30.2 Å². The fourth-order valence-electron chi connectivity index (χ4n) is 1.63. The molecule has 0 radical (unpaired) electrons. The lowest BCUT2D eigenvalue weighted by molar-refractivity contribution is -0.115. The van der Waals surface area contributed by atoms with Crippen molar-refractivity contribution in [1.82, 2.24) is 0 Å². The van der Waals surface area contributed by atoms with Crippen LogP contribution in [0.3, 0.4) is 0 Å². The van der Waals surface area contributed by atoms with Gasteiger partial charge in [0.1, 0.15) is 5.75 Å². The van der Waals surface area contributed by atoms with Crippen molar-refractivity contribution in [2.75, 3.05) is 11.5 Å². The summed E-state index contributed by atoms with van der Waals surface area (Å²) in [7, 11) is 0.